The minimum atomic E-state index is 0.783. The summed E-state index contributed by atoms with van der Waals surface area (Å²) in [5, 5.41) is 11.9. The molecule has 0 saturated carbocycles. The number of para-hydroxylation sites is 2. The van der Waals surface area contributed by atoms with Crippen LogP contribution < -0.4 is 4.90 Å². The number of rotatable bonds is 9. The summed E-state index contributed by atoms with van der Waals surface area (Å²) in [6.07, 6.45) is 0. The Morgan fingerprint density at radius 1 is 0.279 bits per heavy atom. The molecule has 5 heteroatoms. The average Bonchev–Trinajstić information content (AvgIpc) is 3.93. The minimum absolute atomic E-state index is 0.783. The van der Waals surface area contributed by atoms with Crippen molar-refractivity contribution in [1.29, 1.82) is 0 Å². The summed E-state index contributed by atoms with van der Waals surface area (Å²) in [4.78, 5) is 2.30. The molecule has 9 aromatic carbocycles. The molecule has 0 spiro atoms. The van der Waals surface area contributed by atoms with E-state index in [0.717, 1.165) is 51.2 Å². The molecule has 0 amide bonds. The summed E-state index contributed by atoms with van der Waals surface area (Å²) < 4.78 is 4.53. The normalized spacial score (nSPS) is 11.3. The maximum Gasteiger partial charge on any atom is 0.168 e. The van der Waals surface area contributed by atoms with Gasteiger partial charge in [0.05, 0.1) is 11.0 Å². The van der Waals surface area contributed by atoms with E-state index >= 15 is 0 Å². The maximum atomic E-state index is 4.74. The van der Waals surface area contributed by atoms with Gasteiger partial charge in [0, 0.05) is 50.3 Å². The summed E-state index contributed by atoms with van der Waals surface area (Å²) in [5.41, 5.74) is 14.4. The molecule has 2 aromatic heterocycles. The van der Waals surface area contributed by atoms with Gasteiger partial charge in [-0.15, -0.1) is 10.2 Å². The molecular weight excluding hydrogens is 743 g/mol. The molecule has 0 aliphatic heterocycles. The predicted octanol–water partition coefficient (Wildman–Crippen LogP) is 14.5. The first-order chi connectivity index (χ1) is 30.3. The lowest BCUT2D eigenvalue weighted by Gasteiger charge is -2.26. The van der Waals surface area contributed by atoms with Crippen molar-refractivity contribution in [2.45, 2.75) is 0 Å². The number of hydrogen-bond acceptors (Lipinski definition) is 3. The zero-order chi connectivity index (χ0) is 40.5. The quantitative estimate of drug-likeness (QED) is 0.146. The van der Waals surface area contributed by atoms with E-state index in [2.05, 4.69) is 214 Å². The molecule has 0 aliphatic rings. The maximum absolute atomic E-state index is 4.74. The van der Waals surface area contributed by atoms with Crippen molar-refractivity contribution in [2.75, 3.05) is 4.90 Å². The highest BCUT2D eigenvalue weighted by Gasteiger charge is 2.20. The van der Waals surface area contributed by atoms with E-state index in [1.165, 1.54) is 44.1 Å². The van der Waals surface area contributed by atoms with E-state index < -0.39 is 0 Å². The average molecular weight is 782 g/mol. The molecule has 2 heterocycles. The fourth-order valence-electron chi connectivity index (χ4n) is 8.52. The molecule has 61 heavy (non-hydrogen) atoms. The molecular formula is C56H39N5. The number of hydrogen-bond donors (Lipinski definition) is 0. The molecule has 0 radical (unpaired) electrons. The standard InChI is InChI=1S/C56H39N5/c1-6-16-40(17-7-1)44-28-36-53-51(38-44)52-39-45(41-18-8-2-9-19-41)29-37-54(52)60(53)50-34-32-49(33-35-50)59(46-22-12-4-13-23-46)48-30-26-43(27-31-48)56-58-57-55(42-20-10-3-11-21-42)61(56)47-24-14-5-15-25-47/h1-39H. The first-order valence-electron chi connectivity index (χ1n) is 20.6. The first-order valence-corrected chi connectivity index (χ1v) is 20.6. The van der Waals surface area contributed by atoms with Crippen molar-refractivity contribution in [3.8, 4) is 56.4 Å². The first kappa shape index (κ1) is 35.8. The van der Waals surface area contributed by atoms with Gasteiger partial charge in [0.1, 0.15) is 0 Å². The fourth-order valence-corrected chi connectivity index (χ4v) is 8.52. The van der Waals surface area contributed by atoms with Gasteiger partial charge >= 0.3 is 0 Å². The topological polar surface area (TPSA) is 38.9 Å². The van der Waals surface area contributed by atoms with E-state index in [0.29, 0.717) is 0 Å². The van der Waals surface area contributed by atoms with Gasteiger partial charge in [-0.3, -0.25) is 4.57 Å². The molecule has 0 bridgehead atoms. The van der Waals surface area contributed by atoms with Gasteiger partial charge in [-0.25, -0.2) is 0 Å². The van der Waals surface area contributed by atoms with Crippen LogP contribution in [0.1, 0.15) is 0 Å². The summed E-state index contributed by atoms with van der Waals surface area (Å²) in [6, 6.07) is 83.6. The van der Waals surface area contributed by atoms with Crippen LogP contribution in [0.5, 0.6) is 0 Å². The van der Waals surface area contributed by atoms with Crippen molar-refractivity contribution >= 4 is 38.9 Å². The summed E-state index contributed by atoms with van der Waals surface area (Å²) in [6.45, 7) is 0. The second-order valence-corrected chi connectivity index (χ2v) is 15.1. The molecule has 0 fully saturated rings. The van der Waals surface area contributed by atoms with Crippen LogP contribution in [-0.2, 0) is 0 Å². The van der Waals surface area contributed by atoms with Crippen LogP contribution in [0.25, 0.3) is 78.2 Å². The third-order valence-electron chi connectivity index (χ3n) is 11.5. The third kappa shape index (κ3) is 6.64. The second-order valence-electron chi connectivity index (χ2n) is 15.1. The van der Waals surface area contributed by atoms with Crippen molar-refractivity contribution in [2.24, 2.45) is 0 Å². The van der Waals surface area contributed by atoms with Gasteiger partial charge in [0.25, 0.3) is 0 Å². The lowest BCUT2D eigenvalue weighted by Crippen LogP contribution is -2.10. The Morgan fingerprint density at radius 3 is 1.13 bits per heavy atom. The van der Waals surface area contributed by atoms with Crippen molar-refractivity contribution < 1.29 is 0 Å². The lowest BCUT2D eigenvalue weighted by atomic mass is 10.0. The zero-order valence-corrected chi connectivity index (χ0v) is 33.3. The molecule has 0 N–H and O–H groups in total. The number of aromatic nitrogens is 4. The molecule has 0 unspecified atom stereocenters. The number of anilines is 3. The van der Waals surface area contributed by atoms with Crippen molar-refractivity contribution in [1.82, 2.24) is 19.3 Å². The van der Waals surface area contributed by atoms with Crippen LogP contribution in [0.4, 0.5) is 17.1 Å². The molecule has 11 rings (SSSR count). The van der Waals surface area contributed by atoms with Crippen LogP contribution in [0, 0.1) is 0 Å². The monoisotopic (exact) mass is 781 g/mol. The van der Waals surface area contributed by atoms with Gasteiger partial charge in [-0.05, 0) is 119 Å². The minimum Gasteiger partial charge on any atom is -0.311 e. The highest BCUT2D eigenvalue weighted by Crippen LogP contribution is 2.40. The van der Waals surface area contributed by atoms with Crippen LogP contribution in [0.2, 0.25) is 0 Å². The summed E-state index contributed by atoms with van der Waals surface area (Å²) in [7, 11) is 0. The van der Waals surface area contributed by atoms with E-state index in [-0.39, 0.29) is 0 Å². The Labute approximate surface area is 354 Å². The van der Waals surface area contributed by atoms with E-state index in [4.69, 9.17) is 10.2 Å². The molecule has 5 nitrogen and oxygen atoms in total. The Balaban J connectivity index is 0.994. The Morgan fingerprint density at radius 2 is 0.639 bits per heavy atom. The molecule has 0 atom stereocenters. The number of nitrogens with zero attached hydrogens (tertiary/aromatic N) is 5. The Kier molecular flexibility index (Phi) is 9.10. The highest BCUT2D eigenvalue weighted by atomic mass is 15.3. The summed E-state index contributed by atoms with van der Waals surface area (Å²) in [5.74, 6) is 1.58. The SMILES string of the molecule is c1ccc(-c2ccc3c(c2)c2cc(-c4ccccc4)ccc2n3-c2ccc(N(c3ccccc3)c3ccc(-c4nnc(-c5ccccc5)n4-c4ccccc4)cc3)cc2)cc1. The van der Waals surface area contributed by atoms with Crippen LogP contribution in [0.3, 0.4) is 0 Å². The molecule has 0 saturated heterocycles. The van der Waals surface area contributed by atoms with Crippen LogP contribution in [0.15, 0.2) is 237 Å². The molecule has 11 aromatic rings. The van der Waals surface area contributed by atoms with E-state index in [1.54, 1.807) is 0 Å². The highest BCUT2D eigenvalue weighted by molar-refractivity contribution is 6.11. The lowest BCUT2D eigenvalue weighted by molar-refractivity contribution is 1.07. The van der Waals surface area contributed by atoms with Crippen LogP contribution >= 0.6 is 0 Å². The van der Waals surface area contributed by atoms with E-state index in [9.17, 15) is 0 Å². The van der Waals surface area contributed by atoms with E-state index in [1.807, 2.05) is 36.4 Å². The Hall–Kier alpha value is -8.28. The molecule has 288 valence electrons. The predicted molar refractivity (Wildman–Crippen MR) is 252 cm³/mol. The fraction of sp³-hybridized carbons (Fsp3) is 0. The zero-order valence-electron chi connectivity index (χ0n) is 33.3. The number of benzene rings is 9. The van der Waals surface area contributed by atoms with Gasteiger partial charge < -0.3 is 9.47 Å². The second kappa shape index (κ2) is 15.5. The van der Waals surface area contributed by atoms with Gasteiger partial charge in [-0.2, -0.15) is 0 Å². The van der Waals surface area contributed by atoms with Gasteiger partial charge in [0.15, 0.2) is 11.6 Å². The van der Waals surface area contributed by atoms with Gasteiger partial charge in [0.2, 0.25) is 0 Å². The molecule has 0 aliphatic carbocycles. The smallest absolute Gasteiger partial charge is 0.168 e. The van der Waals surface area contributed by atoms with Crippen molar-refractivity contribution in [3.63, 3.8) is 0 Å². The summed E-state index contributed by atoms with van der Waals surface area (Å²) >= 11 is 0. The van der Waals surface area contributed by atoms with Crippen molar-refractivity contribution in [3.05, 3.63) is 237 Å². The largest absolute Gasteiger partial charge is 0.311 e. The van der Waals surface area contributed by atoms with Gasteiger partial charge in [-0.1, -0.05) is 140 Å². The van der Waals surface area contributed by atoms with Crippen LogP contribution in [-0.4, -0.2) is 19.3 Å². The number of fused-ring (bicyclic) bond motifs is 3. The third-order valence-corrected chi connectivity index (χ3v) is 11.5. The Bertz CT molecular complexity index is 3150.